The maximum atomic E-state index is 11.9. The number of nitrogens with two attached hydrogens (primary N) is 1. The third-order valence-electron chi connectivity index (χ3n) is 6.06. The monoisotopic (exact) mass is 463 g/mol. The van der Waals surface area contributed by atoms with Crippen LogP contribution in [0.3, 0.4) is 0 Å². The normalized spacial score (nSPS) is 15.4. The van der Waals surface area contributed by atoms with E-state index in [2.05, 4.69) is 36.3 Å². The average Bonchev–Trinajstić information content (AvgIpc) is 3.52. The number of aromatic nitrogens is 5. The minimum Gasteiger partial charge on any atom is -0.453 e. The maximum Gasteiger partial charge on any atom is 0.412 e. The van der Waals surface area contributed by atoms with Crippen molar-refractivity contribution in [2.75, 3.05) is 25.5 Å². The fourth-order valence-corrected chi connectivity index (χ4v) is 4.14. The second kappa shape index (κ2) is 9.72. The van der Waals surface area contributed by atoms with E-state index in [0.717, 1.165) is 30.9 Å². The molecule has 176 valence electrons. The van der Waals surface area contributed by atoms with E-state index >= 15 is 0 Å². The van der Waals surface area contributed by atoms with Gasteiger partial charge in [-0.2, -0.15) is 25.4 Å². The third-order valence-corrected chi connectivity index (χ3v) is 6.06. The number of primary amides is 1. The molecule has 0 aliphatic carbocycles. The largest absolute Gasteiger partial charge is 0.453 e. The van der Waals surface area contributed by atoms with Gasteiger partial charge in [0, 0.05) is 25.8 Å². The highest BCUT2D eigenvalue weighted by molar-refractivity contribution is 6.00. The summed E-state index contributed by atoms with van der Waals surface area (Å²) in [7, 11) is 1.21. The van der Waals surface area contributed by atoms with Gasteiger partial charge in [-0.25, -0.2) is 4.79 Å². The SMILES string of the molecule is COC(=O)Nc1nn(C2(CC#N)CCN(Cc3ccc(-n4nccn4)cc3)CC2)cc1C(N)=O. The first-order valence-corrected chi connectivity index (χ1v) is 10.7. The van der Waals surface area contributed by atoms with Crippen LogP contribution in [0.15, 0.2) is 42.9 Å². The van der Waals surface area contributed by atoms with Gasteiger partial charge in [0.15, 0.2) is 5.82 Å². The zero-order valence-corrected chi connectivity index (χ0v) is 18.7. The Bertz CT molecular complexity index is 1190. The van der Waals surface area contributed by atoms with Crippen LogP contribution in [-0.2, 0) is 16.8 Å². The van der Waals surface area contributed by atoms with Crippen LogP contribution in [0.1, 0.15) is 35.2 Å². The molecular formula is C22H25N9O3. The second-order valence-electron chi connectivity index (χ2n) is 8.14. The molecule has 2 amide bonds. The van der Waals surface area contributed by atoms with Gasteiger partial charge in [0.1, 0.15) is 5.56 Å². The topological polar surface area (TPSA) is 157 Å². The Morgan fingerprint density at radius 2 is 1.88 bits per heavy atom. The molecule has 0 spiro atoms. The molecule has 12 heteroatoms. The number of hydrogen-bond donors (Lipinski definition) is 2. The molecule has 4 rings (SSSR count). The van der Waals surface area contributed by atoms with Crippen LogP contribution in [0.2, 0.25) is 0 Å². The lowest BCUT2D eigenvalue weighted by atomic mass is 9.84. The van der Waals surface area contributed by atoms with Crippen LogP contribution in [0.25, 0.3) is 5.69 Å². The number of likely N-dealkylation sites (tertiary alicyclic amines) is 1. The van der Waals surface area contributed by atoms with Crippen LogP contribution in [-0.4, -0.2) is 61.9 Å². The molecule has 3 aromatic rings. The molecule has 0 radical (unpaired) electrons. The fraction of sp³-hybridized carbons (Fsp3) is 0.364. The minimum absolute atomic E-state index is 0.0193. The zero-order valence-electron chi connectivity index (χ0n) is 18.7. The summed E-state index contributed by atoms with van der Waals surface area (Å²) in [4.78, 5) is 27.4. The molecule has 1 aliphatic rings. The number of hydrogen-bond acceptors (Lipinski definition) is 8. The van der Waals surface area contributed by atoms with E-state index in [4.69, 9.17) is 5.73 Å². The van der Waals surface area contributed by atoms with Gasteiger partial charge in [0.05, 0.1) is 43.2 Å². The number of nitriles is 1. The van der Waals surface area contributed by atoms with Crippen LogP contribution >= 0.6 is 0 Å². The number of carbonyl (C=O) groups is 2. The average molecular weight is 464 g/mol. The van der Waals surface area contributed by atoms with E-state index in [-0.39, 0.29) is 17.8 Å². The Morgan fingerprint density at radius 1 is 1.21 bits per heavy atom. The van der Waals surface area contributed by atoms with Crippen LogP contribution in [0.4, 0.5) is 10.6 Å². The third kappa shape index (κ3) is 4.74. The summed E-state index contributed by atoms with van der Waals surface area (Å²) in [6, 6.07) is 10.3. The summed E-state index contributed by atoms with van der Waals surface area (Å²) in [5, 5.41) is 24.6. The highest BCUT2D eigenvalue weighted by Crippen LogP contribution is 2.35. The second-order valence-corrected chi connectivity index (χ2v) is 8.14. The van der Waals surface area contributed by atoms with Crippen molar-refractivity contribution in [3.8, 4) is 11.8 Å². The van der Waals surface area contributed by atoms with E-state index in [1.165, 1.54) is 13.3 Å². The van der Waals surface area contributed by atoms with E-state index in [1.807, 2.05) is 24.3 Å². The number of nitrogens with zero attached hydrogens (tertiary/aromatic N) is 7. The van der Waals surface area contributed by atoms with Gasteiger partial charge in [-0.1, -0.05) is 12.1 Å². The molecule has 1 aliphatic heterocycles. The van der Waals surface area contributed by atoms with Crippen molar-refractivity contribution in [3.63, 3.8) is 0 Å². The predicted molar refractivity (Wildman–Crippen MR) is 121 cm³/mol. The van der Waals surface area contributed by atoms with Crippen LogP contribution in [0, 0.1) is 11.3 Å². The number of carbonyl (C=O) groups excluding carboxylic acids is 2. The van der Waals surface area contributed by atoms with Gasteiger partial charge in [-0.3, -0.25) is 19.7 Å². The lowest BCUT2D eigenvalue weighted by Crippen LogP contribution is -2.46. The molecule has 1 saturated heterocycles. The smallest absolute Gasteiger partial charge is 0.412 e. The molecule has 3 N–H and O–H groups in total. The summed E-state index contributed by atoms with van der Waals surface area (Å²) in [5.74, 6) is -0.707. The van der Waals surface area contributed by atoms with Crippen LogP contribution in [0.5, 0.6) is 0 Å². The van der Waals surface area contributed by atoms with E-state index in [1.54, 1.807) is 21.9 Å². The lowest BCUT2D eigenvalue weighted by Gasteiger charge is -2.40. The summed E-state index contributed by atoms with van der Waals surface area (Å²) in [5.41, 5.74) is 6.98. The Balaban J connectivity index is 1.47. The first-order chi connectivity index (χ1) is 16.4. The van der Waals surface area contributed by atoms with Crippen LogP contribution < -0.4 is 11.1 Å². The first kappa shape index (κ1) is 22.9. The molecule has 2 aromatic heterocycles. The summed E-state index contributed by atoms with van der Waals surface area (Å²) >= 11 is 0. The number of nitrogens with one attached hydrogen (secondary N) is 1. The molecule has 0 saturated carbocycles. The van der Waals surface area contributed by atoms with Crippen molar-refractivity contribution in [2.45, 2.75) is 31.3 Å². The fourth-order valence-electron chi connectivity index (χ4n) is 4.14. The first-order valence-electron chi connectivity index (χ1n) is 10.7. The van der Waals surface area contributed by atoms with Gasteiger partial charge in [-0.15, -0.1) is 0 Å². The highest BCUT2D eigenvalue weighted by Gasteiger charge is 2.38. The van der Waals surface area contributed by atoms with Crippen molar-refractivity contribution < 1.29 is 14.3 Å². The Labute approximate surface area is 195 Å². The van der Waals surface area contributed by atoms with Crippen molar-refractivity contribution in [1.29, 1.82) is 5.26 Å². The van der Waals surface area contributed by atoms with E-state index in [9.17, 15) is 14.9 Å². The predicted octanol–water partition coefficient (Wildman–Crippen LogP) is 1.65. The van der Waals surface area contributed by atoms with E-state index < -0.39 is 17.5 Å². The quantitative estimate of drug-likeness (QED) is 0.535. The molecule has 0 atom stereocenters. The molecular weight excluding hydrogens is 438 g/mol. The van der Waals surface area contributed by atoms with Crippen molar-refractivity contribution in [1.82, 2.24) is 29.7 Å². The molecule has 0 bridgehead atoms. The van der Waals surface area contributed by atoms with Gasteiger partial charge in [0.2, 0.25) is 0 Å². The summed E-state index contributed by atoms with van der Waals surface area (Å²) in [6.07, 6.45) is 5.52. The Morgan fingerprint density at radius 3 is 2.47 bits per heavy atom. The molecule has 1 fully saturated rings. The van der Waals surface area contributed by atoms with Gasteiger partial charge >= 0.3 is 6.09 Å². The van der Waals surface area contributed by atoms with Gasteiger partial charge in [-0.05, 0) is 30.5 Å². The number of piperidine rings is 1. The van der Waals surface area contributed by atoms with Gasteiger partial charge < -0.3 is 10.5 Å². The highest BCUT2D eigenvalue weighted by atomic mass is 16.5. The number of ether oxygens (including phenoxy) is 1. The lowest BCUT2D eigenvalue weighted by molar-refractivity contribution is 0.0967. The zero-order chi connectivity index (χ0) is 24.1. The van der Waals surface area contributed by atoms with Gasteiger partial charge in [0.25, 0.3) is 5.91 Å². The summed E-state index contributed by atoms with van der Waals surface area (Å²) in [6.45, 7) is 2.22. The molecule has 3 heterocycles. The maximum absolute atomic E-state index is 11.9. The summed E-state index contributed by atoms with van der Waals surface area (Å²) < 4.78 is 6.20. The molecule has 1 aromatic carbocycles. The number of amides is 2. The Kier molecular flexibility index (Phi) is 6.55. The van der Waals surface area contributed by atoms with Crippen molar-refractivity contribution in [2.24, 2.45) is 5.73 Å². The van der Waals surface area contributed by atoms with Crippen molar-refractivity contribution in [3.05, 3.63) is 54.0 Å². The number of methoxy groups -OCH3 is 1. The number of rotatable bonds is 7. The Hall–Kier alpha value is -4.24. The number of anilines is 1. The number of benzene rings is 1. The van der Waals surface area contributed by atoms with E-state index in [0.29, 0.717) is 12.8 Å². The minimum atomic E-state index is -0.758. The molecule has 34 heavy (non-hydrogen) atoms. The standard InChI is InChI=1S/C22H25N9O3/c1-34-21(33)27-20-18(19(24)32)15-30(28-20)22(6-9-23)7-12-29(13-8-22)14-16-2-4-17(5-3-16)31-25-10-11-26-31/h2-5,10-11,15H,6-8,12-14H2,1H3,(H2,24,32)(H,27,28,33). The molecule has 12 nitrogen and oxygen atoms in total. The molecule has 0 unspecified atom stereocenters. The van der Waals surface area contributed by atoms with Crippen molar-refractivity contribution >= 4 is 17.8 Å².